The van der Waals surface area contributed by atoms with E-state index in [0.29, 0.717) is 5.92 Å². The van der Waals surface area contributed by atoms with Crippen LogP contribution in [0.25, 0.3) is 0 Å². The Hall–Kier alpha value is -1.63. The smallest absolute Gasteiger partial charge is 0.326 e. The molecule has 0 aromatic rings. The van der Waals surface area contributed by atoms with E-state index in [0.717, 1.165) is 32.4 Å². The van der Waals surface area contributed by atoms with Gasteiger partial charge in [0, 0.05) is 12.8 Å². The second-order valence-corrected chi connectivity index (χ2v) is 5.14. The topological polar surface area (TPSA) is 116 Å². The van der Waals surface area contributed by atoms with Crippen LogP contribution in [0.2, 0.25) is 0 Å². The van der Waals surface area contributed by atoms with Gasteiger partial charge in [-0.15, -0.1) is 0 Å². The van der Waals surface area contributed by atoms with Crippen molar-refractivity contribution in [1.82, 2.24) is 10.6 Å². The van der Waals surface area contributed by atoms with Crippen molar-refractivity contribution < 1.29 is 24.6 Å². The van der Waals surface area contributed by atoms with Gasteiger partial charge in [-0.05, 0) is 44.7 Å². The highest BCUT2D eigenvalue weighted by molar-refractivity contribution is 5.83. The van der Waals surface area contributed by atoms with Crippen LogP contribution in [0.4, 0.5) is 0 Å². The molecule has 0 spiro atoms. The van der Waals surface area contributed by atoms with Crippen LogP contribution in [0.3, 0.4) is 0 Å². The molecule has 1 fully saturated rings. The van der Waals surface area contributed by atoms with Gasteiger partial charge < -0.3 is 20.8 Å². The molecule has 1 aliphatic heterocycles. The Morgan fingerprint density at radius 1 is 1.25 bits per heavy atom. The van der Waals surface area contributed by atoms with E-state index in [2.05, 4.69) is 10.6 Å². The molecule has 7 nitrogen and oxygen atoms in total. The van der Waals surface area contributed by atoms with Crippen LogP contribution in [-0.2, 0) is 14.4 Å². The van der Waals surface area contributed by atoms with Gasteiger partial charge in [-0.2, -0.15) is 0 Å². The van der Waals surface area contributed by atoms with Crippen molar-refractivity contribution >= 4 is 17.8 Å². The lowest BCUT2D eigenvalue weighted by Gasteiger charge is -2.22. The molecule has 0 radical (unpaired) electrons. The average Bonchev–Trinajstić information content (AvgIpc) is 2.41. The molecule has 2 atom stereocenters. The molecule has 1 amide bonds. The summed E-state index contributed by atoms with van der Waals surface area (Å²) in [6.45, 7) is 1.91. The summed E-state index contributed by atoms with van der Waals surface area (Å²) in [5.74, 6) is -2.14. The Balaban J connectivity index is 2.29. The van der Waals surface area contributed by atoms with Crippen molar-refractivity contribution in [2.75, 3.05) is 13.1 Å². The third kappa shape index (κ3) is 6.51. The van der Waals surface area contributed by atoms with E-state index < -0.39 is 18.0 Å². The predicted octanol–water partition coefficient (Wildman–Crippen LogP) is 0.200. The third-order valence-electron chi connectivity index (χ3n) is 3.46. The summed E-state index contributed by atoms with van der Waals surface area (Å²) in [6, 6.07) is -1.12. The van der Waals surface area contributed by atoms with Gasteiger partial charge in [0.15, 0.2) is 0 Å². The minimum absolute atomic E-state index is 0.0958. The minimum atomic E-state index is -1.20. The highest BCUT2D eigenvalue weighted by Crippen LogP contribution is 2.15. The van der Waals surface area contributed by atoms with Crippen molar-refractivity contribution in [2.24, 2.45) is 5.92 Å². The molecular formula is C13H22N2O5. The molecular weight excluding hydrogens is 264 g/mol. The molecule has 0 saturated carbocycles. The Kier molecular flexibility index (Phi) is 7.00. The number of piperidine rings is 1. The predicted molar refractivity (Wildman–Crippen MR) is 71.3 cm³/mol. The maximum Gasteiger partial charge on any atom is 0.326 e. The summed E-state index contributed by atoms with van der Waals surface area (Å²) < 4.78 is 0. The maximum absolute atomic E-state index is 11.7. The van der Waals surface area contributed by atoms with Gasteiger partial charge in [0.05, 0.1) is 0 Å². The molecule has 114 valence electrons. The summed E-state index contributed by atoms with van der Waals surface area (Å²) >= 11 is 0. The van der Waals surface area contributed by atoms with E-state index in [-0.39, 0.29) is 25.2 Å². The van der Waals surface area contributed by atoms with Crippen LogP contribution in [0, 0.1) is 5.92 Å². The first-order valence-corrected chi connectivity index (χ1v) is 6.93. The summed E-state index contributed by atoms with van der Waals surface area (Å²) in [7, 11) is 0. The fraction of sp³-hybridized carbons (Fsp3) is 0.769. The van der Waals surface area contributed by atoms with E-state index in [1.807, 2.05) is 0 Å². The van der Waals surface area contributed by atoms with Crippen LogP contribution in [-0.4, -0.2) is 47.2 Å². The number of carboxylic acids is 2. The zero-order valence-corrected chi connectivity index (χ0v) is 11.4. The van der Waals surface area contributed by atoms with Gasteiger partial charge in [-0.25, -0.2) is 4.79 Å². The van der Waals surface area contributed by atoms with Crippen LogP contribution in [0.1, 0.15) is 38.5 Å². The van der Waals surface area contributed by atoms with Crippen molar-refractivity contribution in [1.29, 1.82) is 0 Å². The van der Waals surface area contributed by atoms with Crippen LogP contribution in [0.5, 0.6) is 0 Å². The van der Waals surface area contributed by atoms with Crippen LogP contribution in [0.15, 0.2) is 0 Å². The zero-order valence-electron chi connectivity index (χ0n) is 11.4. The normalized spacial score (nSPS) is 20.1. The molecule has 0 aromatic carbocycles. The molecule has 1 aliphatic rings. The van der Waals surface area contributed by atoms with E-state index in [1.54, 1.807) is 0 Å². The molecule has 0 aliphatic carbocycles. The SMILES string of the molecule is O=C(O)CCC(NC(=O)CCC1CCCNC1)C(=O)O. The first kappa shape index (κ1) is 16.4. The molecule has 0 aromatic heterocycles. The van der Waals surface area contributed by atoms with E-state index in [4.69, 9.17) is 10.2 Å². The molecule has 2 unspecified atom stereocenters. The molecule has 20 heavy (non-hydrogen) atoms. The molecule has 1 heterocycles. The lowest BCUT2D eigenvalue weighted by Crippen LogP contribution is -2.41. The number of amides is 1. The fourth-order valence-corrected chi connectivity index (χ4v) is 2.30. The monoisotopic (exact) mass is 286 g/mol. The third-order valence-corrected chi connectivity index (χ3v) is 3.46. The van der Waals surface area contributed by atoms with E-state index in [1.165, 1.54) is 0 Å². The summed E-state index contributed by atoms with van der Waals surface area (Å²) in [4.78, 5) is 33.1. The standard InChI is InChI=1S/C13H22N2O5/c16-11(5-3-9-2-1-7-14-8-9)15-10(13(19)20)4-6-12(17)18/h9-10,14H,1-8H2,(H,15,16)(H,17,18)(H,19,20). The minimum Gasteiger partial charge on any atom is -0.481 e. The van der Waals surface area contributed by atoms with Crippen molar-refractivity contribution in [3.8, 4) is 0 Å². The average molecular weight is 286 g/mol. The van der Waals surface area contributed by atoms with Gasteiger partial charge >= 0.3 is 11.9 Å². The van der Waals surface area contributed by atoms with E-state index >= 15 is 0 Å². The lowest BCUT2D eigenvalue weighted by atomic mass is 9.94. The number of carbonyl (C=O) groups is 3. The molecule has 0 bridgehead atoms. The Bertz CT molecular complexity index is 353. The molecule has 7 heteroatoms. The number of carboxylic acid groups (broad SMARTS) is 2. The van der Waals surface area contributed by atoms with Gasteiger partial charge in [0.1, 0.15) is 6.04 Å². The number of hydrogen-bond acceptors (Lipinski definition) is 4. The van der Waals surface area contributed by atoms with Gasteiger partial charge in [0.25, 0.3) is 0 Å². The number of nitrogens with one attached hydrogen (secondary N) is 2. The lowest BCUT2D eigenvalue weighted by molar-refractivity contribution is -0.143. The van der Waals surface area contributed by atoms with E-state index in [9.17, 15) is 14.4 Å². The van der Waals surface area contributed by atoms with Gasteiger partial charge in [-0.3, -0.25) is 9.59 Å². The zero-order chi connectivity index (χ0) is 15.0. The highest BCUT2D eigenvalue weighted by atomic mass is 16.4. The number of hydrogen-bond donors (Lipinski definition) is 4. The Morgan fingerprint density at radius 3 is 2.55 bits per heavy atom. The first-order chi connectivity index (χ1) is 9.49. The quantitative estimate of drug-likeness (QED) is 0.506. The van der Waals surface area contributed by atoms with Crippen LogP contribution >= 0.6 is 0 Å². The highest BCUT2D eigenvalue weighted by Gasteiger charge is 2.21. The Morgan fingerprint density at radius 2 is 2.00 bits per heavy atom. The summed E-state index contributed by atoms with van der Waals surface area (Å²) in [5, 5.41) is 23.1. The van der Waals surface area contributed by atoms with Crippen molar-refractivity contribution in [3.63, 3.8) is 0 Å². The van der Waals surface area contributed by atoms with Crippen molar-refractivity contribution in [2.45, 2.75) is 44.6 Å². The summed E-state index contributed by atoms with van der Waals surface area (Å²) in [5.41, 5.74) is 0. The maximum atomic E-state index is 11.7. The number of carbonyl (C=O) groups excluding carboxylic acids is 1. The Labute approximate surface area is 117 Å². The second-order valence-electron chi connectivity index (χ2n) is 5.14. The molecule has 1 saturated heterocycles. The van der Waals surface area contributed by atoms with Crippen molar-refractivity contribution in [3.05, 3.63) is 0 Å². The molecule has 1 rings (SSSR count). The first-order valence-electron chi connectivity index (χ1n) is 6.93. The fourth-order valence-electron chi connectivity index (χ4n) is 2.30. The van der Waals surface area contributed by atoms with Gasteiger partial charge in [-0.1, -0.05) is 0 Å². The number of rotatable bonds is 8. The summed E-state index contributed by atoms with van der Waals surface area (Å²) in [6.07, 6.45) is 2.82. The molecule has 4 N–H and O–H groups in total. The number of aliphatic carboxylic acids is 2. The van der Waals surface area contributed by atoms with Crippen LogP contribution < -0.4 is 10.6 Å². The largest absolute Gasteiger partial charge is 0.481 e. The van der Waals surface area contributed by atoms with Gasteiger partial charge in [0.2, 0.25) is 5.91 Å². The second kappa shape index (κ2) is 8.52.